The minimum atomic E-state index is 0.120. The maximum atomic E-state index is 5.15. The van der Waals surface area contributed by atoms with Crippen molar-refractivity contribution in [2.75, 3.05) is 0 Å². The second-order valence-electron chi connectivity index (χ2n) is 1.19. The third kappa shape index (κ3) is 0.260. The first-order valence-corrected chi connectivity index (χ1v) is 1.53. The lowest BCUT2D eigenvalue weighted by Gasteiger charge is -1.72. The quantitative estimate of drug-likeness (QED) is 0.391. The van der Waals surface area contributed by atoms with Gasteiger partial charge in [0.15, 0.2) is 0 Å². The maximum absolute atomic E-state index is 5.15. The van der Waals surface area contributed by atoms with Crippen LogP contribution in [0.5, 0.6) is 0 Å². The van der Waals surface area contributed by atoms with E-state index in [4.69, 9.17) is 11.5 Å². The Morgan fingerprint density at radius 2 is 2.00 bits per heavy atom. The molecule has 1 aliphatic carbocycles. The number of hydrogen-bond acceptors (Lipinski definition) is 2. The summed E-state index contributed by atoms with van der Waals surface area (Å²) in [6, 6.07) is 0.120. The summed E-state index contributed by atoms with van der Waals surface area (Å²) in [6.45, 7) is 0. The summed E-state index contributed by atoms with van der Waals surface area (Å²) in [5.41, 5.74) is 11.1. The van der Waals surface area contributed by atoms with Crippen molar-refractivity contribution in [3.63, 3.8) is 0 Å². The molecule has 1 rings (SSSR count). The molecule has 0 aromatic rings. The monoisotopic (exact) mass is 70.1 g/mol. The van der Waals surface area contributed by atoms with E-state index in [1.807, 2.05) is 0 Å². The van der Waals surface area contributed by atoms with Crippen LogP contribution in [0.4, 0.5) is 0 Å². The highest BCUT2D eigenvalue weighted by atomic mass is 14.8. The van der Waals surface area contributed by atoms with Crippen LogP contribution in [0.25, 0.3) is 0 Å². The van der Waals surface area contributed by atoms with Gasteiger partial charge >= 0.3 is 0 Å². The van der Waals surface area contributed by atoms with Crippen molar-refractivity contribution >= 4 is 0 Å². The molecule has 0 saturated heterocycles. The summed E-state index contributed by atoms with van der Waals surface area (Å²) in [5.74, 6) is 0. The van der Waals surface area contributed by atoms with Gasteiger partial charge in [0, 0.05) is 5.70 Å². The normalized spacial score (nSPS) is 33.0. The molecule has 0 aliphatic heterocycles. The van der Waals surface area contributed by atoms with Gasteiger partial charge in [-0.05, 0) is 6.08 Å². The summed E-state index contributed by atoms with van der Waals surface area (Å²) in [4.78, 5) is 0. The molecule has 2 nitrogen and oxygen atoms in total. The van der Waals surface area contributed by atoms with Crippen LogP contribution < -0.4 is 11.5 Å². The number of rotatable bonds is 0. The van der Waals surface area contributed by atoms with Gasteiger partial charge in [0.1, 0.15) is 0 Å². The molecule has 0 aromatic heterocycles. The van der Waals surface area contributed by atoms with Crippen molar-refractivity contribution in [1.82, 2.24) is 0 Å². The first-order chi connectivity index (χ1) is 2.30. The molecule has 28 valence electrons. The van der Waals surface area contributed by atoms with Gasteiger partial charge in [0.2, 0.25) is 0 Å². The van der Waals surface area contributed by atoms with Crippen LogP contribution in [0.15, 0.2) is 11.8 Å². The Hall–Kier alpha value is -0.500. The van der Waals surface area contributed by atoms with E-state index in [0.29, 0.717) is 0 Å². The topological polar surface area (TPSA) is 52.0 Å². The van der Waals surface area contributed by atoms with Gasteiger partial charge in [0.25, 0.3) is 0 Å². The van der Waals surface area contributed by atoms with Crippen molar-refractivity contribution in [2.24, 2.45) is 11.5 Å². The molecule has 1 aliphatic rings. The molecule has 0 fully saturated rings. The van der Waals surface area contributed by atoms with Gasteiger partial charge in [-0.3, -0.25) is 0 Å². The van der Waals surface area contributed by atoms with Gasteiger partial charge in [-0.25, -0.2) is 0 Å². The zero-order valence-electron chi connectivity index (χ0n) is 2.81. The van der Waals surface area contributed by atoms with Crippen molar-refractivity contribution in [2.45, 2.75) is 6.04 Å². The Bertz CT molecular complexity index is 75.0. The Morgan fingerprint density at radius 1 is 1.80 bits per heavy atom. The summed E-state index contributed by atoms with van der Waals surface area (Å²) >= 11 is 0. The SMILES string of the molecule is NC1=C[C@@H]1N. The van der Waals surface area contributed by atoms with Crippen molar-refractivity contribution in [3.05, 3.63) is 11.8 Å². The smallest absolute Gasteiger partial charge is 0.0646 e. The second-order valence-corrected chi connectivity index (χ2v) is 1.19. The van der Waals surface area contributed by atoms with Gasteiger partial charge in [-0.15, -0.1) is 0 Å². The molecule has 0 aromatic carbocycles. The molecule has 0 saturated carbocycles. The highest BCUT2D eigenvalue weighted by Gasteiger charge is 2.13. The zero-order chi connectivity index (χ0) is 3.86. The standard InChI is InChI=1S/C3H6N2/c4-2-1-3(2)5/h1-2H,4-5H2/t2-/m0/s1. The zero-order valence-corrected chi connectivity index (χ0v) is 2.81. The molecule has 0 unspecified atom stereocenters. The van der Waals surface area contributed by atoms with Gasteiger partial charge in [0.05, 0.1) is 6.04 Å². The molecule has 0 amide bonds. The third-order valence-corrected chi connectivity index (χ3v) is 0.648. The lowest BCUT2D eigenvalue weighted by molar-refractivity contribution is 1.09. The largest absolute Gasteiger partial charge is 0.401 e. The van der Waals surface area contributed by atoms with Crippen LogP contribution in [-0.4, -0.2) is 6.04 Å². The molecule has 0 bridgehead atoms. The summed E-state index contributed by atoms with van der Waals surface area (Å²) in [7, 11) is 0. The van der Waals surface area contributed by atoms with Crippen LogP contribution >= 0.6 is 0 Å². The second kappa shape index (κ2) is 0.518. The van der Waals surface area contributed by atoms with Crippen molar-refractivity contribution in [1.29, 1.82) is 0 Å². The molecular formula is C3H6N2. The fourth-order valence-corrected chi connectivity index (χ4v) is 0.159. The Balaban J connectivity index is 2.38. The maximum Gasteiger partial charge on any atom is 0.0646 e. The lowest BCUT2D eigenvalue weighted by Crippen LogP contribution is -2.06. The first-order valence-electron chi connectivity index (χ1n) is 1.53. The van der Waals surface area contributed by atoms with Crippen LogP contribution in [0.2, 0.25) is 0 Å². The highest BCUT2D eigenvalue weighted by Crippen LogP contribution is 2.06. The average molecular weight is 70.1 g/mol. The Kier molecular flexibility index (Phi) is 0.282. The van der Waals surface area contributed by atoms with E-state index in [9.17, 15) is 0 Å². The van der Waals surface area contributed by atoms with Gasteiger partial charge < -0.3 is 11.5 Å². The number of nitrogens with two attached hydrogens (primary N) is 2. The Labute approximate surface area is 30.5 Å². The van der Waals surface area contributed by atoms with Crippen LogP contribution in [0.3, 0.4) is 0 Å². The van der Waals surface area contributed by atoms with Crippen LogP contribution in [0.1, 0.15) is 0 Å². The molecule has 0 heterocycles. The van der Waals surface area contributed by atoms with Crippen LogP contribution in [-0.2, 0) is 0 Å². The van der Waals surface area contributed by atoms with E-state index in [-0.39, 0.29) is 6.04 Å². The fourth-order valence-electron chi connectivity index (χ4n) is 0.159. The molecule has 4 N–H and O–H groups in total. The third-order valence-electron chi connectivity index (χ3n) is 0.648. The fraction of sp³-hybridized carbons (Fsp3) is 0.333. The van der Waals surface area contributed by atoms with Gasteiger partial charge in [-0.2, -0.15) is 0 Å². The van der Waals surface area contributed by atoms with E-state index in [1.54, 1.807) is 6.08 Å². The molecule has 0 radical (unpaired) electrons. The van der Waals surface area contributed by atoms with E-state index >= 15 is 0 Å². The lowest BCUT2D eigenvalue weighted by atomic mass is 10.6. The molecule has 0 spiro atoms. The van der Waals surface area contributed by atoms with Crippen molar-refractivity contribution < 1.29 is 0 Å². The molecule has 5 heavy (non-hydrogen) atoms. The first kappa shape index (κ1) is 2.72. The van der Waals surface area contributed by atoms with Crippen LogP contribution in [0, 0.1) is 0 Å². The Morgan fingerprint density at radius 3 is 2.00 bits per heavy atom. The minimum Gasteiger partial charge on any atom is -0.401 e. The van der Waals surface area contributed by atoms with E-state index in [2.05, 4.69) is 0 Å². The predicted octanol–water partition coefficient (Wildman–Crippen LogP) is -0.830. The van der Waals surface area contributed by atoms with E-state index < -0.39 is 0 Å². The predicted molar refractivity (Wildman–Crippen MR) is 20.2 cm³/mol. The molecular weight excluding hydrogens is 64.0 g/mol. The summed E-state index contributed by atoms with van der Waals surface area (Å²) in [6.07, 6.45) is 1.81. The van der Waals surface area contributed by atoms with E-state index in [0.717, 1.165) is 5.70 Å². The minimum absolute atomic E-state index is 0.120. The molecule has 2 heteroatoms. The van der Waals surface area contributed by atoms with Crippen molar-refractivity contribution in [3.8, 4) is 0 Å². The van der Waals surface area contributed by atoms with Gasteiger partial charge in [-0.1, -0.05) is 0 Å². The summed E-state index contributed by atoms with van der Waals surface area (Å²) in [5, 5.41) is 0. The number of hydrogen-bond donors (Lipinski definition) is 2. The summed E-state index contributed by atoms with van der Waals surface area (Å²) < 4.78 is 0. The highest BCUT2D eigenvalue weighted by molar-refractivity contribution is 5.29. The average Bonchev–Trinajstić information content (AvgIpc) is 1.79. The molecule has 1 atom stereocenters. The van der Waals surface area contributed by atoms with E-state index in [1.165, 1.54) is 0 Å².